The molecule has 1 amide bonds. The molecule has 3 aromatic rings. The van der Waals surface area contributed by atoms with E-state index < -0.39 is 21.7 Å². The van der Waals surface area contributed by atoms with Gasteiger partial charge >= 0.3 is 0 Å². The minimum atomic E-state index is -4.32. The number of carbonyl (C=O) groups is 1. The van der Waals surface area contributed by atoms with Crippen molar-refractivity contribution in [3.8, 4) is 16.9 Å². The van der Waals surface area contributed by atoms with E-state index in [9.17, 15) is 17.6 Å². The second-order valence-electron chi connectivity index (χ2n) is 9.54. The molecule has 1 atom stereocenters. The van der Waals surface area contributed by atoms with Crippen LogP contribution in [0.1, 0.15) is 37.6 Å². The van der Waals surface area contributed by atoms with E-state index in [1.807, 2.05) is 18.7 Å². The molecule has 9 nitrogen and oxygen atoms in total. The molecule has 36 heavy (non-hydrogen) atoms. The van der Waals surface area contributed by atoms with E-state index in [-0.39, 0.29) is 21.9 Å². The summed E-state index contributed by atoms with van der Waals surface area (Å²) in [7, 11) is -2.90. The van der Waals surface area contributed by atoms with Crippen molar-refractivity contribution in [2.75, 3.05) is 24.3 Å². The first-order chi connectivity index (χ1) is 16.9. The Kier molecular flexibility index (Phi) is 6.61. The molecule has 3 N–H and O–H groups in total. The van der Waals surface area contributed by atoms with Crippen molar-refractivity contribution < 1.29 is 22.3 Å². The van der Waals surface area contributed by atoms with E-state index in [0.29, 0.717) is 35.2 Å². The third kappa shape index (κ3) is 5.11. The smallest absolute Gasteiger partial charge is 0.281 e. The zero-order valence-corrected chi connectivity index (χ0v) is 21.3. The SMILES string of the molecule is COc1cc(F)cc(-c2cnc(N3CC(C)CC3(C)C)c(C(=O)NS(=O)(=O)c3cccc(N)n3)c2)c1. The van der Waals surface area contributed by atoms with Crippen LogP contribution in [0.25, 0.3) is 11.1 Å². The summed E-state index contributed by atoms with van der Waals surface area (Å²) in [4.78, 5) is 23.8. The van der Waals surface area contributed by atoms with Crippen LogP contribution in [0.3, 0.4) is 0 Å². The Labute approximate surface area is 209 Å². The topological polar surface area (TPSA) is 128 Å². The number of amides is 1. The zero-order chi connectivity index (χ0) is 26.3. The molecule has 1 saturated heterocycles. The molecular formula is C25H28FN5O4S. The van der Waals surface area contributed by atoms with Gasteiger partial charge in [-0.25, -0.2) is 19.1 Å². The molecule has 4 rings (SSSR count). The van der Waals surface area contributed by atoms with Crippen LogP contribution in [-0.2, 0) is 10.0 Å². The lowest BCUT2D eigenvalue weighted by molar-refractivity contribution is 0.0981. The maximum atomic E-state index is 14.2. The number of nitrogens with zero attached hydrogens (tertiary/aromatic N) is 3. The van der Waals surface area contributed by atoms with Crippen LogP contribution in [0.15, 0.2) is 53.7 Å². The third-order valence-electron chi connectivity index (χ3n) is 6.13. The first-order valence-corrected chi connectivity index (χ1v) is 12.8. The molecule has 1 unspecified atom stereocenters. The van der Waals surface area contributed by atoms with Gasteiger partial charge in [0.2, 0.25) is 0 Å². The number of hydrogen-bond donors (Lipinski definition) is 2. The maximum absolute atomic E-state index is 14.2. The van der Waals surface area contributed by atoms with Crippen LogP contribution in [0.2, 0.25) is 0 Å². The Morgan fingerprint density at radius 2 is 1.97 bits per heavy atom. The summed E-state index contributed by atoms with van der Waals surface area (Å²) in [6.07, 6.45) is 2.40. The molecule has 1 aromatic carbocycles. The van der Waals surface area contributed by atoms with E-state index in [1.54, 1.807) is 6.07 Å². The first kappa shape index (κ1) is 25.4. The molecule has 3 heterocycles. The van der Waals surface area contributed by atoms with Crippen molar-refractivity contribution in [1.82, 2.24) is 14.7 Å². The molecule has 1 aliphatic heterocycles. The Morgan fingerprint density at radius 3 is 2.61 bits per heavy atom. The van der Waals surface area contributed by atoms with E-state index in [0.717, 1.165) is 6.42 Å². The van der Waals surface area contributed by atoms with Gasteiger partial charge in [0.25, 0.3) is 15.9 Å². The number of methoxy groups -OCH3 is 1. The second-order valence-corrected chi connectivity index (χ2v) is 11.2. The molecule has 0 radical (unpaired) electrons. The molecule has 11 heteroatoms. The molecular weight excluding hydrogens is 485 g/mol. The number of ether oxygens (including phenoxy) is 1. The minimum absolute atomic E-state index is 0.00234. The van der Waals surface area contributed by atoms with E-state index in [4.69, 9.17) is 10.5 Å². The van der Waals surface area contributed by atoms with Crippen LogP contribution in [0.4, 0.5) is 16.0 Å². The Hall–Kier alpha value is -3.73. The molecule has 0 saturated carbocycles. The second kappa shape index (κ2) is 9.38. The summed E-state index contributed by atoms with van der Waals surface area (Å²) < 4.78 is 47.3. The summed E-state index contributed by atoms with van der Waals surface area (Å²) in [5, 5.41) is -0.383. The van der Waals surface area contributed by atoms with E-state index in [2.05, 4.69) is 21.6 Å². The van der Waals surface area contributed by atoms with Gasteiger partial charge in [-0.1, -0.05) is 13.0 Å². The van der Waals surface area contributed by atoms with Gasteiger partial charge in [0, 0.05) is 29.9 Å². The highest BCUT2D eigenvalue weighted by molar-refractivity contribution is 7.90. The highest BCUT2D eigenvalue weighted by atomic mass is 32.2. The number of hydrogen-bond acceptors (Lipinski definition) is 8. The molecule has 2 aromatic heterocycles. The fraction of sp³-hybridized carbons (Fsp3) is 0.320. The lowest BCUT2D eigenvalue weighted by Crippen LogP contribution is -2.41. The average molecular weight is 514 g/mol. The molecule has 1 fully saturated rings. The number of halogens is 1. The van der Waals surface area contributed by atoms with Crippen molar-refractivity contribution >= 4 is 27.6 Å². The fourth-order valence-electron chi connectivity index (χ4n) is 4.61. The molecule has 0 bridgehead atoms. The minimum Gasteiger partial charge on any atom is -0.497 e. The summed E-state index contributed by atoms with van der Waals surface area (Å²) in [6.45, 7) is 6.82. The highest BCUT2D eigenvalue weighted by Gasteiger charge is 2.39. The number of pyridine rings is 2. The lowest BCUT2D eigenvalue weighted by Gasteiger charge is -2.33. The summed E-state index contributed by atoms with van der Waals surface area (Å²) in [5.41, 5.74) is 6.18. The van der Waals surface area contributed by atoms with E-state index in [1.165, 1.54) is 49.7 Å². The number of benzene rings is 1. The number of carbonyl (C=O) groups excluding carboxylic acids is 1. The van der Waals surface area contributed by atoms with Gasteiger partial charge in [0.05, 0.1) is 12.7 Å². The largest absolute Gasteiger partial charge is 0.497 e. The summed E-state index contributed by atoms with van der Waals surface area (Å²) >= 11 is 0. The normalized spacial score (nSPS) is 17.1. The van der Waals surface area contributed by atoms with Gasteiger partial charge in [-0.05, 0) is 62.1 Å². The number of nitrogens with one attached hydrogen (secondary N) is 1. The first-order valence-electron chi connectivity index (χ1n) is 11.3. The van der Waals surface area contributed by atoms with Gasteiger partial charge in [0.15, 0.2) is 5.03 Å². The number of anilines is 2. The van der Waals surface area contributed by atoms with Crippen molar-refractivity contribution in [3.63, 3.8) is 0 Å². The van der Waals surface area contributed by atoms with Crippen LogP contribution in [0, 0.1) is 11.7 Å². The van der Waals surface area contributed by atoms with Crippen molar-refractivity contribution in [2.45, 2.75) is 37.8 Å². The number of nitrogen functional groups attached to an aromatic ring is 1. The molecule has 190 valence electrons. The predicted octanol–water partition coefficient (Wildman–Crippen LogP) is 3.62. The highest BCUT2D eigenvalue weighted by Crippen LogP contribution is 2.38. The van der Waals surface area contributed by atoms with Crippen molar-refractivity contribution in [2.24, 2.45) is 5.92 Å². The van der Waals surface area contributed by atoms with Crippen LogP contribution in [0.5, 0.6) is 5.75 Å². The van der Waals surface area contributed by atoms with Crippen molar-refractivity contribution in [3.05, 3.63) is 60.0 Å². The Balaban J connectivity index is 1.81. The van der Waals surface area contributed by atoms with E-state index >= 15 is 0 Å². The third-order valence-corrected chi connectivity index (χ3v) is 7.36. The van der Waals surface area contributed by atoms with Crippen LogP contribution < -0.4 is 20.1 Å². The fourth-order valence-corrected chi connectivity index (χ4v) is 5.56. The number of nitrogens with two attached hydrogens (primary N) is 1. The standard InChI is InChI=1S/C25H28FN5O4S/c1-15-12-25(2,3)31(14-15)23-20(24(32)30-36(33,34)22-7-5-6-21(27)29-22)10-17(13-28-23)16-8-18(26)11-19(9-16)35-4/h5-11,13,15H,12,14H2,1-4H3,(H2,27,29)(H,30,32). The number of rotatable bonds is 6. The summed E-state index contributed by atoms with van der Waals surface area (Å²) in [6, 6.07) is 9.75. The summed E-state index contributed by atoms with van der Waals surface area (Å²) in [5.74, 6) is -0.436. The quantitative estimate of drug-likeness (QED) is 0.512. The van der Waals surface area contributed by atoms with Crippen LogP contribution >= 0.6 is 0 Å². The average Bonchev–Trinajstić information content (AvgIpc) is 3.09. The van der Waals surface area contributed by atoms with Gasteiger partial charge < -0.3 is 15.4 Å². The van der Waals surface area contributed by atoms with Crippen molar-refractivity contribution in [1.29, 1.82) is 0 Å². The zero-order valence-electron chi connectivity index (χ0n) is 20.4. The predicted molar refractivity (Wildman–Crippen MR) is 135 cm³/mol. The van der Waals surface area contributed by atoms with Gasteiger partial charge in [-0.15, -0.1) is 0 Å². The van der Waals surface area contributed by atoms with Gasteiger partial charge in [-0.2, -0.15) is 8.42 Å². The number of aromatic nitrogens is 2. The maximum Gasteiger partial charge on any atom is 0.281 e. The number of sulfonamides is 1. The molecule has 0 aliphatic carbocycles. The molecule has 0 spiro atoms. The lowest BCUT2D eigenvalue weighted by atomic mass is 9.97. The Bertz CT molecular complexity index is 1430. The molecule has 1 aliphatic rings. The Morgan fingerprint density at radius 1 is 1.22 bits per heavy atom. The van der Waals surface area contributed by atoms with Crippen LogP contribution in [-0.4, -0.2) is 43.5 Å². The monoisotopic (exact) mass is 513 g/mol. The van der Waals surface area contributed by atoms with Gasteiger partial charge in [0.1, 0.15) is 23.2 Å². The van der Waals surface area contributed by atoms with Gasteiger partial charge in [-0.3, -0.25) is 4.79 Å².